The van der Waals surface area contributed by atoms with Crippen LogP contribution < -0.4 is 11.5 Å². The number of hydrogen-bond acceptors (Lipinski definition) is 2. The van der Waals surface area contributed by atoms with E-state index in [4.69, 9.17) is 11.5 Å². The summed E-state index contributed by atoms with van der Waals surface area (Å²) in [7, 11) is 0. The van der Waals surface area contributed by atoms with Crippen LogP contribution in [0.15, 0.2) is 84.9 Å². The van der Waals surface area contributed by atoms with Crippen molar-refractivity contribution in [2.75, 3.05) is 11.5 Å². The van der Waals surface area contributed by atoms with Gasteiger partial charge in [0, 0.05) is 11.4 Å². The Morgan fingerprint density at radius 2 is 0.886 bits per heavy atom. The van der Waals surface area contributed by atoms with Gasteiger partial charge in [-0.05, 0) is 127 Å². The first-order valence-corrected chi connectivity index (χ1v) is 17.2. The smallest absolute Gasteiger partial charge is 0.0316 e. The minimum atomic E-state index is 0.778. The first kappa shape index (κ1) is 33.4. The van der Waals surface area contributed by atoms with Gasteiger partial charge in [-0.3, -0.25) is 0 Å². The van der Waals surface area contributed by atoms with E-state index in [1.807, 2.05) is 12.1 Å². The van der Waals surface area contributed by atoms with E-state index in [2.05, 4.69) is 93.6 Å². The van der Waals surface area contributed by atoms with Gasteiger partial charge in [0.05, 0.1) is 0 Å². The largest absolute Gasteiger partial charge is 0.399 e. The summed E-state index contributed by atoms with van der Waals surface area (Å²) in [5.74, 6) is 0.778. The number of nitrogens with two attached hydrogens (primary N) is 2. The summed E-state index contributed by atoms with van der Waals surface area (Å²) in [5.41, 5.74) is 24.5. The van der Waals surface area contributed by atoms with Gasteiger partial charge in [-0.15, -0.1) is 0 Å². The van der Waals surface area contributed by atoms with Gasteiger partial charge < -0.3 is 11.5 Å². The molecule has 4 aromatic carbocycles. The van der Waals surface area contributed by atoms with E-state index in [9.17, 15) is 0 Å². The highest BCUT2D eigenvalue weighted by molar-refractivity contribution is 5.46. The van der Waals surface area contributed by atoms with Crippen LogP contribution >= 0.6 is 0 Å². The van der Waals surface area contributed by atoms with E-state index in [-0.39, 0.29) is 0 Å². The molecule has 4 aromatic rings. The molecule has 0 aliphatic heterocycles. The van der Waals surface area contributed by atoms with Crippen LogP contribution in [0.25, 0.3) is 0 Å². The second-order valence-electron chi connectivity index (χ2n) is 13.2. The third kappa shape index (κ3) is 11.2. The summed E-state index contributed by atoms with van der Waals surface area (Å²) >= 11 is 0. The molecule has 2 heteroatoms. The SMILES string of the molecule is CCCCCCCCCC(CCc1ccc(Cc2ccc(N)cc2C)cc1)CCc1ccc(Cc2ccc(N)cc2C)cc1. The summed E-state index contributed by atoms with van der Waals surface area (Å²) < 4.78 is 0. The minimum absolute atomic E-state index is 0.778. The van der Waals surface area contributed by atoms with Crippen LogP contribution in [0, 0.1) is 19.8 Å². The minimum Gasteiger partial charge on any atom is -0.399 e. The zero-order valence-corrected chi connectivity index (χ0v) is 27.7. The average Bonchev–Trinajstić information content (AvgIpc) is 3.02. The molecular formula is C42H56N2. The van der Waals surface area contributed by atoms with Crippen molar-refractivity contribution < 1.29 is 0 Å². The van der Waals surface area contributed by atoms with Crippen molar-refractivity contribution in [2.24, 2.45) is 5.92 Å². The van der Waals surface area contributed by atoms with Gasteiger partial charge in [0.2, 0.25) is 0 Å². The van der Waals surface area contributed by atoms with Crippen molar-refractivity contribution in [1.29, 1.82) is 0 Å². The second kappa shape index (κ2) is 17.7. The van der Waals surface area contributed by atoms with Gasteiger partial charge in [0.15, 0.2) is 0 Å². The summed E-state index contributed by atoms with van der Waals surface area (Å²) in [6.07, 6.45) is 17.9. The number of aryl methyl sites for hydroxylation is 4. The first-order valence-electron chi connectivity index (χ1n) is 17.2. The molecular weight excluding hydrogens is 532 g/mol. The van der Waals surface area contributed by atoms with Crippen molar-refractivity contribution >= 4 is 11.4 Å². The molecule has 234 valence electrons. The van der Waals surface area contributed by atoms with Crippen molar-refractivity contribution in [2.45, 2.75) is 111 Å². The zero-order valence-electron chi connectivity index (χ0n) is 27.7. The van der Waals surface area contributed by atoms with Gasteiger partial charge in [0.1, 0.15) is 0 Å². The topological polar surface area (TPSA) is 52.0 Å². The lowest BCUT2D eigenvalue weighted by Gasteiger charge is -2.18. The molecule has 0 saturated heterocycles. The highest BCUT2D eigenvalue weighted by Gasteiger charge is 2.11. The number of nitrogen functional groups attached to an aromatic ring is 2. The Balaban J connectivity index is 1.30. The lowest BCUT2D eigenvalue weighted by atomic mass is 9.88. The number of hydrogen-bond donors (Lipinski definition) is 2. The van der Waals surface area contributed by atoms with Crippen LogP contribution in [0.2, 0.25) is 0 Å². The Kier molecular flexibility index (Phi) is 13.4. The van der Waals surface area contributed by atoms with E-state index < -0.39 is 0 Å². The Hall–Kier alpha value is -3.52. The predicted octanol–water partition coefficient (Wildman–Crippen LogP) is 11.0. The zero-order chi connectivity index (χ0) is 31.1. The van der Waals surface area contributed by atoms with Crippen LogP contribution in [0.1, 0.15) is 116 Å². The van der Waals surface area contributed by atoms with Crippen LogP contribution in [0.4, 0.5) is 11.4 Å². The Morgan fingerprint density at radius 1 is 0.477 bits per heavy atom. The molecule has 0 atom stereocenters. The lowest BCUT2D eigenvalue weighted by molar-refractivity contribution is 0.398. The van der Waals surface area contributed by atoms with Gasteiger partial charge >= 0.3 is 0 Å². The molecule has 0 saturated carbocycles. The summed E-state index contributed by atoms with van der Waals surface area (Å²) in [6, 6.07) is 31.2. The van der Waals surface area contributed by atoms with Crippen LogP contribution in [0.5, 0.6) is 0 Å². The van der Waals surface area contributed by atoms with Crippen molar-refractivity contribution in [3.05, 3.63) is 129 Å². The van der Waals surface area contributed by atoms with E-state index in [0.29, 0.717) is 0 Å². The fourth-order valence-electron chi connectivity index (χ4n) is 6.49. The monoisotopic (exact) mass is 588 g/mol. The van der Waals surface area contributed by atoms with Crippen LogP contribution in [0.3, 0.4) is 0 Å². The van der Waals surface area contributed by atoms with Crippen molar-refractivity contribution in [3.63, 3.8) is 0 Å². The maximum absolute atomic E-state index is 5.95. The molecule has 0 bridgehead atoms. The lowest BCUT2D eigenvalue weighted by Crippen LogP contribution is -2.05. The molecule has 4 N–H and O–H groups in total. The Morgan fingerprint density at radius 3 is 1.32 bits per heavy atom. The van der Waals surface area contributed by atoms with E-state index in [1.54, 1.807) is 0 Å². The number of unbranched alkanes of at least 4 members (excludes halogenated alkanes) is 6. The number of anilines is 2. The maximum atomic E-state index is 5.95. The second-order valence-corrected chi connectivity index (χ2v) is 13.2. The summed E-state index contributed by atoms with van der Waals surface area (Å²) in [5, 5.41) is 0. The fourth-order valence-corrected chi connectivity index (χ4v) is 6.49. The molecule has 0 spiro atoms. The summed E-state index contributed by atoms with van der Waals surface area (Å²) in [4.78, 5) is 0. The van der Waals surface area contributed by atoms with Crippen molar-refractivity contribution in [1.82, 2.24) is 0 Å². The standard InChI is InChI=1S/C42H56N2/c1-4-5-6-7-8-9-10-11-34(12-14-35-16-20-37(21-17-35)30-39-24-26-41(43)28-32(39)2)13-15-36-18-22-38(23-19-36)31-40-25-27-42(44)29-33(40)3/h16-29,34H,4-15,30-31,43-44H2,1-3H3. The number of rotatable bonds is 18. The Labute approximate surface area is 268 Å². The highest BCUT2D eigenvalue weighted by atomic mass is 14.5. The quantitative estimate of drug-likeness (QED) is 0.0897. The van der Waals surface area contributed by atoms with E-state index in [1.165, 1.54) is 122 Å². The number of benzene rings is 4. The third-order valence-electron chi connectivity index (χ3n) is 9.47. The van der Waals surface area contributed by atoms with Gasteiger partial charge in [-0.1, -0.05) is 119 Å². The average molecular weight is 589 g/mol. The van der Waals surface area contributed by atoms with Crippen LogP contribution in [-0.2, 0) is 25.7 Å². The molecule has 44 heavy (non-hydrogen) atoms. The van der Waals surface area contributed by atoms with E-state index in [0.717, 1.165) is 30.1 Å². The maximum Gasteiger partial charge on any atom is 0.0316 e. The molecule has 4 rings (SSSR count). The van der Waals surface area contributed by atoms with Crippen LogP contribution in [-0.4, -0.2) is 0 Å². The molecule has 0 radical (unpaired) electrons. The molecule has 0 heterocycles. The normalized spacial score (nSPS) is 11.4. The molecule has 0 aliphatic carbocycles. The predicted molar refractivity (Wildman–Crippen MR) is 192 cm³/mol. The first-order chi connectivity index (χ1) is 21.4. The fraction of sp³-hybridized carbons (Fsp3) is 0.429. The molecule has 2 nitrogen and oxygen atoms in total. The Bertz CT molecular complexity index is 1300. The highest BCUT2D eigenvalue weighted by Crippen LogP contribution is 2.25. The molecule has 0 aromatic heterocycles. The van der Waals surface area contributed by atoms with Gasteiger partial charge in [-0.25, -0.2) is 0 Å². The summed E-state index contributed by atoms with van der Waals surface area (Å²) in [6.45, 7) is 6.61. The molecule has 0 unspecified atom stereocenters. The van der Waals surface area contributed by atoms with Gasteiger partial charge in [-0.2, -0.15) is 0 Å². The van der Waals surface area contributed by atoms with Crippen molar-refractivity contribution in [3.8, 4) is 0 Å². The third-order valence-corrected chi connectivity index (χ3v) is 9.47. The van der Waals surface area contributed by atoms with E-state index >= 15 is 0 Å². The molecule has 0 amide bonds. The van der Waals surface area contributed by atoms with Gasteiger partial charge in [0.25, 0.3) is 0 Å². The molecule has 0 fully saturated rings. The molecule has 0 aliphatic rings.